The van der Waals surface area contributed by atoms with Gasteiger partial charge in [-0.05, 0) is 44.5 Å². The summed E-state index contributed by atoms with van der Waals surface area (Å²) in [6.07, 6.45) is 0.849. The first-order valence-electron chi connectivity index (χ1n) is 5.65. The molecule has 0 spiro atoms. The molecule has 0 fully saturated rings. The van der Waals surface area contributed by atoms with E-state index in [-0.39, 0.29) is 0 Å². The molecule has 0 aliphatic carbocycles. The van der Waals surface area contributed by atoms with Crippen molar-refractivity contribution < 1.29 is 0 Å². The SMILES string of the molecule is Cc1nn(-c2ccccc2Cl)c(C)c1CCN. The number of benzene rings is 1. The van der Waals surface area contributed by atoms with Gasteiger partial charge in [0.15, 0.2) is 0 Å². The molecule has 0 aliphatic heterocycles. The predicted octanol–water partition coefficient (Wildman–Crippen LogP) is 2.64. The van der Waals surface area contributed by atoms with Crippen molar-refractivity contribution in [1.82, 2.24) is 9.78 Å². The summed E-state index contributed by atoms with van der Waals surface area (Å²) in [6.45, 7) is 4.69. The lowest BCUT2D eigenvalue weighted by Crippen LogP contribution is -2.05. The molecule has 0 saturated carbocycles. The Balaban J connectivity index is 2.54. The molecule has 0 radical (unpaired) electrons. The Hall–Kier alpha value is -1.32. The highest BCUT2D eigenvalue weighted by Gasteiger charge is 2.13. The van der Waals surface area contributed by atoms with Gasteiger partial charge in [-0.3, -0.25) is 0 Å². The van der Waals surface area contributed by atoms with Crippen LogP contribution in [0.2, 0.25) is 5.02 Å². The van der Waals surface area contributed by atoms with Crippen LogP contribution < -0.4 is 5.73 Å². The van der Waals surface area contributed by atoms with Gasteiger partial charge in [0, 0.05) is 5.69 Å². The van der Waals surface area contributed by atoms with Crippen LogP contribution in [0.5, 0.6) is 0 Å². The highest BCUT2D eigenvalue weighted by atomic mass is 35.5. The lowest BCUT2D eigenvalue weighted by molar-refractivity contribution is 0.832. The first kappa shape index (κ1) is 12.1. The van der Waals surface area contributed by atoms with Gasteiger partial charge in [-0.15, -0.1) is 0 Å². The van der Waals surface area contributed by atoms with E-state index < -0.39 is 0 Å². The lowest BCUT2D eigenvalue weighted by Gasteiger charge is -2.06. The van der Waals surface area contributed by atoms with E-state index in [1.807, 2.05) is 42.8 Å². The Kier molecular flexibility index (Phi) is 3.50. The van der Waals surface area contributed by atoms with Crippen molar-refractivity contribution in [1.29, 1.82) is 0 Å². The molecular weight excluding hydrogens is 234 g/mol. The Labute approximate surface area is 106 Å². The first-order chi connectivity index (χ1) is 8.15. The minimum Gasteiger partial charge on any atom is -0.330 e. The number of aryl methyl sites for hydroxylation is 1. The van der Waals surface area contributed by atoms with Crippen LogP contribution in [0, 0.1) is 13.8 Å². The second kappa shape index (κ2) is 4.90. The molecule has 17 heavy (non-hydrogen) atoms. The lowest BCUT2D eigenvalue weighted by atomic mass is 10.1. The summed E-state index contributed by atoms with van der Waals surface area (Å²) in [6, 6.07) is 7.71. The van der Waals surface area contributed by atoms with Gasteiger partial charge >= 0.3 is 0 Å². The topological polar surface area (TPSA) is 43.8 Å². The molecule has 3 nitrogen and oxygen atoms in total. The van der Waals surface area contributed by atoms with E-state index in [1.54, 1.807) is 0 Å². The molecule has 4 heteroatoms. The number of hydrogen-bond donors (Lipinski definition) is 1. The van der Waals surface area contributed by atoms with Crippen LogP contribution >= 0.6 is 11.6 Å². The normalized spacial score (nSPS) is 10.8. The van der Waals surface area contributed by atoms with E-state index in [4.69, 9.17) is 17.3 Å². The van der Waals surface area contributed by atoms with E-state index >= 15 is 0 Å². The van der Waals surface area contributed by atoms with Gasteiger partial charge < -0.3 is 5.73 Å². The number of nitrogens with two attached hydrogens (primary N) is 1. The molecule has 2 N–H and O–H groups in total. The fourth-order valence-electron chi connectivity index (χ4n) is 2.04. The van der Waals surface area contributed by atoms with Gasteiger partial charge in [0.05, 0.1) is 16.4 Å². The van der Waals surface area contributed by atoms with Gasteiger partial charge in [-0.25, -0.2) is 4.68 Å². The number of rotatable bonds is 3. The minimum atomic E-state index is 0.635. The van der Waals surface area contributed by atoms with E-state index in [2.05, 4.69) is 5.10 Å². The van der Waals surface area contributed by atoms with Gasteiger partial charge in [0.1, 0.15) is 0 Å². The Morgan fingerprint density at radius 3 is 2.65 bits per heavy atom. The summed E-state index contributed by atoms with van der Waals surface area (Å²) in [5.41, 5.74) is 9.88. The van der Waals surface area contributed by atoms with E-state index in [0.29, 0.717) is 11.6 Å². The zero-order valence-electron chi connectivity index (χ0n) is 10.1. The van der Waals surface area contributed by atoms with E-state index in [0.717, 1.165) is 23.5 Å². The second-order valence-corrected chi connectivity index (χ2v) is 4.46. The maximum Gasteiger partial charge on any atom is 0.0835 e. The van der Waals surface area contributed by atoms with E-state index in [9.17, 15) is 0 Å². The summed E-state index contributed by atoms with van der Waals surface area (Å²) in [5.74, 6) is 0. The molecule has 0 bridgehead atoms. The third-order valence-corrected chi connectivity index (χ3v) is 3.24. The highest BCUT2D eigenvalue weighted by molar-refractivity contribution is 6.32. The van der Waals surface area contributed by atoms with Crippen LogP contribution in [-0.4, -0.2) is 16.3 Å². The molecule has 1 heterocycles. The van der Waals surface area contributed by atoms with Gasteiger partial charge in [0.2, 0.25) is 0 Å². The molecular formula is C13H16ClN3. The minimum absolute atomic E-state index is 0.635. The van der Waals surface area contributed by atoms with Crippen LogP contribution in [0.4, 0.5) is 0 Å². The number of para-hydroxylation sites is 1. The molecule has 0 unspecified atom stereocenters. The van der Waals surface area contributed by atoms with Gasteiger partial charge in [0.25, 0.3) is 0 Å². The van der Waals surface area contributed by atoms with Crippen LogP contribution in [0.25, 0.3) is 5.69 Å². The van der Waals surface area contributed by atoms with Crippen molar-refractivity contribution in [2.24, 2.45) is 5.73 Å². The zero-order chi connectivity index (χ0) is 12.4. The van der Waals surface area contributed by atoms with Crippen molar-refractivity contribution in [3.63, 3.8) is 0 Å². The number of hydrogen-bond acceptors (Lipinski definition) is 2. The van der Waals surface area contributed by atoms with Crippen molar-refractivity contribution in [3.8, 4) is 5.69 Å². The van der Waals surface area contributed by atoms with Gasteiger partial charge in [-0.1, -0.05) is 23.7 Å². The quantitative estimate of drug-likeness (QED) is 0.909. The van der Waals surface area contributed by atoms with Crippen molar-refractivity contribution in [3.05, 3.63) is 46.2 Å². The summed E-state index contributed by atoms with van der Waals surface area (Å²) in [7, 11) is 0. The largest absolute Gasteiger partial charge is 0.330 e. The van der Waals surface area contributed by atoms with Crippen molar-refractivity contribution in [2.75, 3.05) is 6.54 Å². The third-order valence-electron chi connectivity index (χ3n) is 2.92. The first-order valence-corrected chi connectivity index (χ1v) is 6.03. The van der Waals surface area contributed by atoms with Crippen LogP contribution in [-0.2, 0) is 6.42 Å². The molecule has 1 aromatic carbocycles. The Bertz CT molecular complexity index is 531. The number of aromatic nitrogens is 2. The molecule has 0 aliphatic rings. The monoisotopic (exact) mass is 249 g/mol. The smallest absolute Gasteiger partial charge is 0.0835 e. The van der Waals surface area contributed by atoms with Crippen LogP contribution in [0.1, 0.15) is 17.0 Å². The van der Waals surface area contributed by atoms with Crippen molar-refractivity contribution >= 4 is 11.6 Å². The highest BCUT2D eigenvalue weighted by Crippen LogP contribution is 2.23. The molecule has 0 saturated heterocycles. The molecule has 2 rings (SSSR count). The predicted molar refractivity (Wildman–Crippen MR) is 70.8 cm³/mol. The summed E-state index contributed by atoms with van der Waals surface area (Å²) in [4.78, 5) is 0. The fraction of sp³-hybridized carbons (Fsp3) is 0.308. The molecule has 0 amide bonds. The average molecular weight is 250 g/mol. The molecule has 90 valence electrons. The standard InChI is InChI=1S/C13H16ClN3/c1-9-11(7-8-15)10(2)17(16-9)13-6-4-3-5-12(13)14/h3-6H,7-8,15H2,1-2H3. The third kappa shape index (κ3) is 2.21. The van der Waals surface area contributed by atoms with Crippen LogP contribution in [0.3, 0.4) is 0 Å². The maximum absolute atomic E-state index is 6.18. The number of halogens is 1. The fourth-order valence-corrected chi connectivity index (χ4v) is 2.25. The summed E-state index contributed by atoms with van der Waals surface area (Å²) in [5, 5.41) is 5.24. The van der Waals surface area contributed by atoms with Crippen molar-refractivity contribution in [2.45, 2.75) is 20.3 Å². The van der Waals surface area contributed by atoms with Gasteiger partial charge in [-0.2, -0.15) is 5.10 Å². The number of nitrogens with zero attached hydrogens (tertiary/aromatic N) is 2. The molecule has 1 aromatic heterocycles. The summed E-state index contributed by atoms with van der Waals surface area (Å²) >= 11 is 6.18. The Morgan fingerprint density at radius 1 is 1.29 bits per heavy atom. The van der Waals surface area contributed by atoms with E-state index in [1.165, 1.54) is 5.56 Å². The Morgan fingerprint density at radius 2 is 2.00 bits per heavy atom. The maximum atomic E-state index is 6.18. The zero-order valence-corrected chi connectivity index (χ0v) is 10.8. The summed E-state index contributed by atoms with van der Waals surface area (Å²) < 4.78 is 1.89. The second-order valence-electron chi connectivity index (χ2n) is 4.05. The molecule has 2 aromatic rings. The molecule has 0 atom stereocenters. The average Bonchev–Trinajstić information content (AvgIpc) is 2.58. The van der Waals surface area contributed by atoms with Crippen LogP contribution in [0.15, 0.2) is 24.3 Å².